The molecule has 2 aromatic carbocycles. The Hall–Kier alpha value is -3.31. The summed E-state index contributed by atoms with van der Waals surface area (Å²) in [5, 5.41) is 2.32. The molecular formula is C24H25FN2O6S2. The molecule has 0 spiro atoms. The number of benzene rings is 2. The fourth-order valence-corrected chi connectivity index (χ4v) is 4.61. The van der Waals surface area contributed by atoms with Crippen LogP contribution in [0.25, 0.3) is 0 Å². The van der Waals surface area contributed by atoms with Gasteiger partial charge < -0.3 is 9.47 Å². The highest BCUT2D eigenvalue weighted by Crippen LogP contribution is 2.36. The number of ketones is 2. The molecule has 8 nitrogen and oxygen atoms in total. The fraction of sp³-hybridized carbons (Fsp3) is 0.292. The number of sulfonamides is 1. The van der Waals surface area contributed by atoms with E-state index in [9.17, 15) is 22.4 Å². The molecule has 1 heterocycles. The van der Waals surface area contributed by atoms with Gasteiger partial charge in [-0.3, -0.25) is 14.3 Å². The predicted molar refractivity (Wildman–Crippen MR) is 131 cm³/mol. The number of aromatic nitrogens is 1. The molecule has 0 atom stereocenters. The zero-order valence-electron chi connectivity index (χ0n) is 19.5. The summed E-state index contributed by atoms with van der Waals surface area (Å²) < 4.78 is 51.1. The third-order valence-corrected chi connectivity index (χ3v) is 6.34. The first-order chi connectivity index (χ1) is 16.6. The molecule has 3 rings (SSSR count). The second-order valence-corrected chi connectivity index (χ2v) is 10.5. The average Bonchev–Trinajstić information content (AvgIpc) is 3.21. The van der Waals surface area contributed by atoms with Gasteiger partial charge in [0.05, 0.1) is 25.5 Å². The van der Waals surface area contributed by atoms with Crippen LogP contribution in [0, 0.1) is 5.82 Å². The molecule has 186 valence electrons. The van der Waals surface area contributed by atoms with Gasteiger partial charge in [-0.1, -0.05) is 13.0 Å². The van der Waals surface area contributed by atoms with Gasteiger partial charge in [0.15, 0.2) is 11.6 Å². The highest BCUT2D eigenvalue weighted by molar-refractivity contribution is 7.92. The third-order valence-electron chi connectivity index (χ3n) is 4.83. The van der Waals surface area contributed by atoms with Crippen LogP contribution in [0.2, 0.25) is 0 Å². The number of carbonyl (C=O) groups excluding carboxylic acids is 2. The smallest absolute Gasteiger partial charge is 0.229 e. The number of ether oxygens (including phenoxy) is 2. The Morgan fingerprint density at radius 3 is 2.54 bits per heavy atom. The maximum absolute atomic E-state index is 14.4. The van der Waals surface area contributed by atoms with Crippen LogP contribution in [0.3, 0.4) is 0 Å². The minimum atomic E-state index is -3.56. The molecule has 1 N–H and O–H groups in total. The zero-order valence-corrected chi connectivity index (χ0v) is 21.1. The van der Waals surface area contributed by atoms with E-state index >= 15 is 0 Å². The monoisotopic (exact) mass is 520 g/mol. The zero-order chi connectivity index (χ0) is 25.6. The number of carbonyl (C=O) groups is 2. The van der Waals surface area contributed by atoms with Crippen LogP contribution in [-0.4, -0.2) is 38.3 Å². The van der Waals surface area contributed by atoms with Gasteiger partial charge in [0, 0.05) is 35.9 Å². The molecule has 0 aliphatic heterocycles. The van der Waals surface area contributed by atoms with E-state index in [0.717, 1.165) is 6.26 Å². The number of thiazole rings is 1. The van der Waals surface area contributed by atoms with Crippen LogP contribution in [-0.2, 0) is 38.9 Å². The van der Waals surface area contributed by atoms with Crippen molar-refractivity contribution in [1.29, 1.82) is 0 Å². The van der Waals surface area contributed by atoms with Gasteiger partial charge in [-0.05, 0) is 30.3 Å². The minimum Gasteiger partial charge on any atom is -0.493 e. The second-order valence-electron chi connectivity index (χ2n) is 7.76. The number of halogens is 1. The van der Waals surface area contributed by atoms with E-state index in [4.69, 9.17) is 9.47 Å². The number of nitrogens with zero attached hydrogens (tertiary/aromatic N) is 1. The van der Waals surface area contributed by atoms with Crippen molar-refractivity contribution in [3.05, 3.63) is 63.9 Å². The molecule has 0 bridgehead atoms. The molecule has 0 aliphatic carbocycles. The van der Waals surface area contributed by atoms with Crippen molar-refractivity contribution in [2.45, 2.75) is 32.6 Å². The van der Waals surface area contributed by atoms with Gasteiger partial charge in [-0.25, -0.2) is 17.8 Å². The Morgan fingerprint density at radius 1 is 1.09 bits per heavy atom. The molecule has 0 fully saturated rings. The lowest BCUT2D eigenvalue weighted by molar-refractivity contribution is -0.118. The van der Waals surface area contributed by atoms with Crippen molar-refractivity contribution in [1.82, 2.24) is 4.98 Å². The number of para-hydroxylation sites is 1. The summed E-state index contributed by atoms with van der Waals surface area (Å²) in [6, 6.07) is 8.60. The summed E-state index contributed by atoms with van der Waals surface area (Å²) in [6.45, 7) is 1.78. The Bertz CT molecular complexity index is 1340. The van der Waals surface area contributed by atoms with Gasteiger partial charge in [-0.2, -0.15) is 0 Å². The van der Waals surface area contributed by atoms with Crippen LogP contribution in [0.4, 0.5) is 10.1 Å². The van der Waals surface area contributed by atoms with Crippen LogP contribution in [0.15, 0.2) is 41.8 Å². The maximum atomic E-state index is 14.4. The van der Waals surface area contributed by atoms with Crippen molar-refractivity contribution >= 4 is 38.6 Å². The van der Waals surface area contributed by atoms with E-state index in [0.29, 0.717) is 22.7 Å². The second kappa shape index (κ2) is 11.4. The molecule has 35 heavy (non-hydrogen) atoms. The molecule has 3 aromatic rings. The minimum absolute atomic E-state index is 0.0250. The molecule has 11 heteroatoms. The average molecular weight is 521 g/mol. The van der Waals surface area contributed by atoms with Crippen molar-refractivity contribution < 1.29 is 31.9 Å². The Labute approximate surface area is 207 Å². The summed E-state index contributed by atoms with van der Waals surface area (Å²) in [6.07, 6.45) is 1.56. The van der Waals surface area contributed by atoms with Crippen LogP contribution in [0.1, 0.15) is 29.6 Å². The topological polar surface area (TPSA) is 112 Å². The first-order valence-corrected chi connectivity index (χ1v) is 13.4. The maximum Gasteiger partial charge on any atom is 0.229 e. The summed E-state index contributed by atoms with van der Waals surface area (Å²) in [4.78, 5) is 28.9. The number of hydrogen-bond donors (Lipinski definition) is 1. The molecule has 0 amide bonds. The predicted octanol–water partition coefficient (Wildman–Crippen LogP) is 4.33. The first kappa shape index (κ1) is 26.3. The van der Waals surface area contributed by atoms with Crippen molar-refractivity contribution in [3.63, 3.8) is 0 Å². The van der Waals surface area contributed by atoms with Crippen LogP contribution in [0.5, 0.6) is 17.2 Å². The highest BCUT2D eigenvalue weighted by atomic mass is 32.2. The lowest BCUT2D eigenvalue weighted by Gasteiger charge is -2.15. The summed E-state index contributed by atoms with van der Waals surface area (Å²) in [5.41, 5.74) is 1.21. The number of nitrogens with one attached hydrogen (secondary N) is 1. The molecule has 0 saturated carbocycles. The van der Waals surface area contributed by atoms with Crippen molar-refractivity contribution in [2.75, 3.05) is 18.1 Å². The third kappa shape index (κ3) is 7.59. The Balaban J connectivity index is 1.86. The van der Waals surface area contributed by atoms with Gasteiger partial charge >= 0.3 is 0 Å². The molecule has 0 unspecified atom stereocenters. The van der Waals surface area contributed by atoms with Gasteiger partial charge in [0.1, 0.15) is 22.3 Å². The Kier molecular flexibility index (Phi) is 8.57. The summed E-state index contributed by atoms with van der Waals surface area (Å²) in [5.74, 6) is -0.621. The summed E-state index contributed by atoms with van der Waals surface area (Å²) in [7, 11) is -2.18. The van der Waals surface area contributed by atoms with Gasteiger partial charge in [0.25, 0.3) is 0 Å². The highest BCUT2D eigenvalue weighted by Gasteiger charge is 2.18. The fourth-order valence-electron chi connectivity index (χ4n) is 3.24. The quantitative estimate of drug-likeness (QED) is 0.378. The number of rotatable bonds is 12. The van der Waals surface area contributed by atoms with E-state index in [1.807, 2.05) is 0 Å². The first-order valence-electron chi connectivity index (χ1n) is 10.7. The van der Waals surface area contributed by atoms with Crippen LogP contribution < -0.4 is 14.2 Å². The van der Waals surface area contributed by atoms with E-state index in [2.05, 4.69) is 9.71 Å². The lowest BCUT2D eigenvalue weighted by Crippen LogP contribution is -2.11. The van der Waals surface area contributed by atoms with E-state index in [-0.39, 0.29) is 53.8 Å². The normalized spacial score (nSPS) is 11.2. The van der Waals surface area contributed by atoms with Crippen LogP contribution >= 0.6 is 11.3 Å². The van der Waals surface area contributed by atoms with Crippen molar-refractivity contribution in [2.24, 2.45) is 0 Å². The summed E-state index contributed by atoms with van der Waals surface area (Å²) >= 11 is 1.29. The lowest BCUT2D eigenvalue weighted by atomic mass is 10.1. The van der Waals surface area contributed by atoms with E-state index in [1.54, 1.807) is 12.3 Å². The van der Waals surface area contributed by atoms with Crippen molar-refractivity contribution in [3.8, 4) is 17.2 Å². The molecule has 0 saturated heterocycles. The number of anilines is 1. The molecule has 0 radical (unpaired) electrons. The van der Waals surface area contributed by atoms with E-state index in [1.165, 1.54) is 54.8 Å². The van der Waals surface area contributed by atoms with Gasteiger partial charge in [-0.15, -0.1) is 11.3 Å². The molecule has 0 aliphatic rings. The number of hydrogen-bond acceptors (Lipinski definition) is 8. The standard InChI is InChI=1S/C24H25FN2O6S2/c1-4-18(28)12-17-14-34-23(26-17)13-19(29)11-15-10-16(27-35(3,30)31)8-9-21(15)33-24-20(25)6-5-7-22(24)32-2/h5-10,14,27H,4,11-13H2,1-3H3. The number of Topliss-reactive ketones (excluding diaryl/α,β-unsaturated/α-hetero) is 2. The Morgan fingerprint density at radius 2 is 1.86 bits per heavy atom. The molecular weight excluding hydrogens is 495 g/mol. The van der Waals surface area contributed by atoms with Gasteiger partial charge in [0.2, 0.25) is 15.8 Å². The largest absolute Gasteiger partial charge is 0.493 e. The SMILES string of the molecule is CCC(=O)Cc1csc(CC(=O)Cc2cc(NS(C)(=O)=O)ccc2Oc2c(F)cccc2OC)n1. The van der Waals surface area contributed by atoms with E-state index < -0.39 is 15.8 Å². The number of methoxy groups -OCH3 is 1. The molecule has 1 aromatic heterocycles.